The molecule has 0 N–H and O–H groups in total. The highest BCUT2D eigenvalue weighted by Gasteiger charge is 2.03. The van der Waals surface area contributed by atoms with E-state index >= 15 is 0 Å². The van der Waals surface area contributed by atoms with E-state index in [-0.39, 0.29) is 5.78 Å². The molecule has 0 saturated heterocycles. The topological polar surface area (TPSA) is 17.1 Å². The lowest BCUT2D eigenvalue weighted by Crippen LogP contribution is -1.95. The third kappa shape index (κ3) is 2.10. The SMILES string of the molecule is CCC(=O)c1ccc2cc(Br)ccc2c1. The first kappa shape index (κ1) is 10.4. The van der Waals surface area contributed by atoms with Crippen LogP contribution in [0.2, 0.25) is 0 Å². The lowest BCUT2D eigenvalue weighted by Gasteiger charge is -2.02. The smallest absolute Gasteiger partial charge is 0.162 e. The first-order chi connectivity index (χ1) is 7.20. The van der Waals surface area contributed by atoms with Gasteiger partial charge in [0.2, 0.25) is 0 Å². The highest BCUT2D eigenvalue weighted by molar-refractivity contribution is 9.10. The molecule has 2 heteroatoms. The van der Waals surface area contributed by atoms with E-state index in [0.29, 0.717) is 6.42 Å². The summed E-state index contributed by atoms with van der Waals surface area (Å²) >= 11 is 3.43. The average Bonchev–Trinajstić information content (AvgIpc) is 2.27. The summed E-state index contributed by atoms with van der Waals surface area (Å²) in [6, 6.07) is 11.9. The van der Waals surface area contributed by atoms with E-state index in [2.05, 4.69) is 22.0 Å². The second kappa shape index (κ2) is 4.15. The average molecular weight is 263 g/mol. The fourth-order valence-electron chi connectivity index (χ4n) is 1.59. The molecular weight excluding hydrogens is 252 g/mol. The molecule has 0 aliphatic heterocycles. The summed E-state index contributed by atoms with van der Waals surface area (Å²) in [5.41, 5.74) is 0.798. The zero-order valence-electron chi connectivity index (χ0n) is 8.46. The summed E-state index contributed by atoms with van der Waals surface area (Å²) in [5.74, 6) is 0.194. The molecule has 0 radical (unpaired) electrons. The van der Waals surface area contributed by atoms with Crippen LogP contribution in [0.15, 0.2) is 40.9 Å². The number of fused-ring (bicyclic) bond motifs is 1. The van der Waals surface area contributed by atoms with Gasteiger partial charge in [0.25, 0.3) is 0 Å². The second-order valence-electron chi connectivity index (χ2n) is 3.48. The van der Waals surface area contributed by atoms with Crippen molar-refractivity contribution in [1.82, 2.24) is 0 Å². The van der Waals surface area contributed by atoms with Crippen LogP contribution in [0.25, 0.3) is 10.8 Å². The third-order valence-corrected chi connectivity index (χ3v) is 2.94. The van der Waals surface area contributed by atoms with Gasteiger partial charge >= 0.3 is 0 Å². The van der Waals surface area contributed by atoms with Crippen molar-refractivity contribution in [2.75, 3.05) is 0 Å². The third-order valence-electron chi connectivity index (χ3n) is 2.45. The predicted molar refractivity (Wildman–Crippen MR) is 66.3 cm³/mol. The molecule has 0 aliphatic rings. The number of rotatable bonds is 2. The van der Waals surface area contributed by atoms with Crippen LogP contribution < -0.4 is 0 Å². The van der Waals surface area contributed by atoms with Gasteiger partial charge in [-0.1, -0.05) is 41.1 Å². The van der Waals surface area contributed by atoms with E-state index in [1.165, 1.54) is 0 Å². The summed E-state index contributed by atoms with van der Waals surface area (Å²) < 4.78 is 1.06. The Hall–Kier alpha value is -1.15. The molecule has 15 heavy (non-hydrogen) atoms. The van der Waals surface area contributed by atoms with Crippen LogP contribution >= 0.6 is 15.9 Å². The zero-order valence-corrected chi connectivity index (χ0v) is 10.0. The summed E-state index contributed by atoms with van der Waals surface area (Å²) in [5, 5.41) is 2.26. The van der Waals surface area contributed by atoms with Gasteiger partial charge in [0.05, 0.1) is 0 Å². The Kier molecular flexibility index (Phi) is 2.87. The Balaban J connectivity index is 2.57. The molecule has 1 nitrogen and oxygen atoms in total. The fraction of sp³-hybridized carbons (Fsp3) is 0.154. The summed E-state index contributed by atoms with van der Waals surface area (Å²) in [6.07, 6.45) is 0.558. The Morgan fingerprint density at radius 2 is 1.80 bits per heavy atom. The standard InChI is InChI=1S/C13H11BrO/c1-2-13(15)11-4-3-10-8-12(14)6-5-9(10)7-11/h3-8H,2H2,1H3. The van der Waals surface area contributed by atoms with Crippen molar-refractivity contribution in [2.24, 2.45) is 0 Å². The van der Waals surface area contributed by atoms with E-state index in [4.69, 9.17) is 0 Å². The number of ketones is 1. The molecule has 0 atom stereocenters. The van der Waals surface area contributed by atoms with Gasteiger partial charge in [0, 0.05) is 16.5 Å². The van der Waals surface area contributed by atoms with Crippen molar-refractivity contribution in [3.05, 3.63) is 46.4 Å². The van der Waals surface area contributed by atoms with Crippen LogP contribution in [0.5, 0.6) is 0 Å². The highest BCUT2D eigenvalue weighted by Crippen LogP contribution is 2.21. The predicted octanol–water partition coefficient (Wildman–Crippen LogP) is 4.20. The van der Waals surface area contributed by atoms with Crippen LogP contribution in [0, 0.1) is 0 Å². The molecule has 0 unspecified atom stereocenters. The minimum Gasteiger partial charge on any atom is -0.294 e. The first-order valence-electron chi connectivity index (χ1n) is 4.93. The van der Waals surface area contributed by atoms with Crippen LogP contribution in [-0.2, 0) is 0 Å². The van der Waals surface area contributed by atoms with E-state index < -0.39 is 0 Å². The number of Topliss-reactive ketones (excluding diaryl/α,β-unsaturated/α-hetero) is 1. The van der Waals surface area contributed by atoms with Crippen LogP contribution in [0.1, 0.15) is 23.7 Å². The molecule has 0 spiro atoms. The number of benzene rings is 2. The normalized spacial score (nSPS) is 10.5. The number of halogens is 1. The Morgan fingerprint density at radius 3 is 2.53 bits per heavy atom. The van der Waals surface area contributed by atoms with Gasteiger partial charge in [-0.3, -0.25) is 4.79 Å². The maximum atomic E-state index is 11.5. The number of hydrogen-bond donors (Lipinski definition) is 0. The maximum Gasteiger partial charge on any atom is 0.162 e. The van der Waals surface area contributed by atoms with Gasteiger partial charge < -0.3 is 0 Å². The zero-order chi connectivity index (χ0) is 10.8. The molecule has 0 aromatic heterocycles. The van der Waals surface area contributed by atoms with Crippen molar-refractivity contribution in [3.63, 3.8) is 0 Å². The van der Waals surface area contributed by atoms with Gasteiger partial charge in [-0.05, 0) is 29.0 Å². The number of carbonyl (C=O) groups excluding carboxylic acids is 1. The second-order valence-corrected chi connectivity index (χ2v) is 4.40. The lowest BCUT2D eigenvalue weighted by atomic mass is 10.0. The monoisotopic (exact) mass is 262 g/mol. The molecule has 0 aliphatic carbocycles. The van der Waals surface area contributed by atoms with Crippen LogP contribution in [0.3, 0.4) is 0 Å². The molecule has 0 heterocycles. The summed E-state index contributed by atoms with van der Waals surface area (Å²) in [4.78, 5) is 11.5. The van der Waals surface area contributed by atoms with Gasteiger partial charge in [-0.25, -0.2) is 0 Å². The van der Waals surface area contributed by atoms with Gasteiger partial charge in [-0.2, -0.15) is 0 Å². The van der Waals surface area contributed by atoms with E-state index in [1.807, 2.05) is 37.3 Å². The molecule has 0 saturated carbocycles. The molecule has 76 valence electrons. The van der Waals surface area contributed by atoms with Crippen molar-refractivity contribution >= 4 is 32.5 Å². The minimum atomic E-state index is 0.194. The molecular formula is C13H11BrO. The molecule has 0 fully saturated rings. The maximum absolute atomic E-state index is 11.5. The Labute approximate surface area is 97.2 Å². The number of carbonyl (C=O) groups is 1. The molecule has 2 rings (SSSR count). The van der Waals surface area contributed by atoms with Gasteiger partial charge in [0.15, 0.2) is 5.78 Å². The minimum absolute atomic E-state index is 0.194. The van der Waals surface area contributed by atoms with Gasteiger partial charge in [0.1, 0.15) is 0 Å². The highest BCUT2D eigenvalue weighted by atomic mass is 79.9. The van der Waals surface area contributed by atoms with Crippen LogP contribution in [0.4, 0.5) is 0 Å². The Bertz CT molecular complexity index is 517. The quantitative estimate of drug-likeness (QED) is 0.742. The lowest BCUT2D eigenvalue weighted by molar-refractivity contribution is 0.0988. The van der Waals surface area contributed by atoms with E-state index in [1.54, 1.807) is 0 Å². The largest absolute Gasteiger partial charge is 0.294 e. The molecule has 2 aromatic rings. The van der Waals surface area contributed by atoms with Crippen molar-refractivity contribution in [1.29, 1.82) is 0 Å². The molecule has 0 bridgehead atoms. The van der Waals surface area contributed by atoms with Crippen molar-refractivity contribution < 1.29 is 4.79 Å². The van der Waals surface area contributed by atoms with Gasteiger partial charge in [-0.15, -0.1) is 0 Å². The first-order valence-corrected chi connectivity index (χ1v) is 5.72. The molecule has 0 amide bonds. The van der Waals surface area contributed by atoms with Crippen LogP contribution in [-0.4, -0.2) is 5.78 Å². The number of hydrogen-bond acceptors (Lipinski definition) is 1. The van der Waals surface area contributed by atoms with E-state index in [9.17, 15) is 4.79 Å². The summed E-state index contributed by atoms with van der Waals surface area (Å²) in [7, 11) is 0. The Morgan fingerprint density at radius 1 is 1.13 bits per heavy atom. The van der Waals surface area contributed by atoms with E-state index in [0.717, 1.165) is 20.8 Å². The van der Waals surface area contributed by atoms with Crippen molar-refractivity contribution in [3.8, 4) is 0 Å². The van der Waals surface area contributed by atoms with Crippen molar-refractivity contribution in [2.45, 2.75) is 13.3 Å². The summed E-state index contributed by atoms with van der Waals surface area (Å²) in [6.45, 7) is 1.88. The fourth-order valence-corrected chi connectivity index (χ4v) is 1.97. The molecule has 2 aromatic carbocycles.